The summed E-state index contributed by atoms with van der Waals surface area (Å²) in [4.78, 5) is 14.4. The van der Waals surface area contributed by atoms with Crippen LogP contribution >= 0.6 is 0 Å². The van der Waals surface area contributed by atoms with Crippen molar-refractivity contribution in [3.63, 3.8) is 0 Å². The van der Waals surface area contributed by atoms with Gasteiger partial charge in [0.25, 0.3) is 0 Å². The second-order valence-corrected chi connectivity index (χ2v) is 12.4. The van der Waals surface area contributed by atoms with Gasteiger partial charge in [-0.25, -0.2) is 17.7 Å². The highest BCUT2D eigenvalue weighted by Crippen LogP contribution is 2.24. The lowest BCUT2D eigenvalue weighted by molar-refractivity contribution is 0.140. The highest BCUT2D eigenvalue weighted by molar-refractivity contribution is 7.89. The third kappa shape index (κ3) is 7.04. The molecule has 1 aromatic rings. The molecule has 0 aliphatic carbocycles. The number of anilines is 2. The lowest BCUT2D eigenvalue weighted by Gasteiger charge is -2.38. The largest absolute Gasteiger partial charge is 0.356 e. The molecule has 1 unspecified atom stereocenters. The Bertz CT molecular complexity index is 851. The first-order valence-corrected chi connectivity index (χ1v) is 15.2. The Hall–Kier alpha value is -1.45. The highest BCUT2D eigenvalue weighted by Gasteiger charge is 2.32. The molecule has 0 spiro atoms. The van der Waals surface area contributed by atoms with E-state index in [0.29, 0.717) is 30.9 Å². The molecule has 4 heterocycles. The smallest absolute Gasteiger partial charge is 0.224 e. The summed E-state index contributed by atoms with van der Waals surface area (Å²) < 4.78 is 26.9. The van der Waals surface area contributed by atoms with Gasteiger partial charge in [-0.1, -0.05) is 32.6 Å². The molecule has 1 N–H and O–H groups in total. The molecular formula is C25H44N6O2S. The fourth-order valence-corrected chi connectivity index (χ4v) is 7.32. The van der Waals surface area contributed by atoms with Crippen molar-refractivity contribution in [2.45, 2.75) is 89.6 Å². The van der Waals surface area contributed by atoms with E-state index >= 15 is 0 Å². The molecule has 8 nitrogen and oxygen atoms in total. The quantitative estimate of drug-likeness (QED) is 0.592. The second kappa shape index (κ2) is 12.5. The first kappa shape index (κ1) is 25.6. The molecule has 1 aromatic heterocycles. The number of rotatable bonds is 8. The second-order valence-electron chi connectivity index (χ2n) is 10.3. The number of piperidine rings is 1. The van der Waals surface area contributed by atoms with Crippen LogP contribution in [0.4, 0.5) is 11.8 Å². The summed E-state index contributed by atoms with van der Waals surface area (Å²) in [6.45, 7) is 7.60. The van der Waals surface area contributed by atoms with Crippen molar-refractivity contribution in [2.75, 3.05) is 55.2 Å². The van der Waals surface area contributed by atoms with E-state index in [2.05, 4.69) is 20.1 Å². The van der Waals surface area contributed by atoms with E-state index in [-0.39, 0.29) is 0 Å². The molecule has 0 amide bonds. The van der Waals surface area contributed by atoms with Crippen LogP contribution in [0.3, 0.4) is 0 Å². The van der Waals surface area contributed by atoms with Crippen LogP contribution in [-0.4, -0.2) is 84.7 Å². The number of unbranched alkanes of at least 4 members (excludes halogenated alkanes) is 1. The first-order chi connectivity index (χ1) is 16.5. The van der Waals surface area contributed by atoms with Crippen LogP contribution in [0.15, 0.2) is 12.3 Å². The van der Waals surface area contributed by atoms with Gasteiger partial charge in [-0.05, 0) is 57.6 Å². The van der Waals surface area contributed by atoms with Gasteiger partial charge in [0.05, 0.1) is 5.75 Å². The Morgan fingerprint density at radius 3 is 2.44 bits per heavy atom. The third-order valence-electron chi connectivity index (χ3n) is 7.70. The summed E-state index contributed by atoms with van der Waals surface area (Å²) in [5.41, 5.74) is 0. The molecule has 0 aromatic carbocycles. The van der Waals surface area contributed by atoms with Gasteiger partial charge in [-0.3, -0.25) is 4.90 Å². The minimum atomic E-state index is -3.09. The molecular weight excluding hydrogens is 448 g/mol. The van der Waals surface area contributed by atoms with E-state index in [9.17, 15) is 8.42 Å². The van der Waals surface area contributed by atoms with Crippen LogP contribution < -0.4 is 10.2 Å². The summed E-state index contributed by atoms with van der Waals surface area (Å²) >= 11 is 0. The van der Waals surface area contributed by atoms with Gasteiger partial charge in [0, 0.05) is 51.0 Å². The zero-order valence-electron chi connectivity index (χ0n) is 21.0. The molecule has 1 atom stereocenters. The van der Waals surface area contributed by atoms with E-state index < -0.39 is 10.0 Å². The molecule has 3 aliphatic heterocycles. The summed E-state index contributed by atoms with van der Waals surface area (Å²) in [5.74, 6) is 2.08. The Kier molecular flexibility index (Phi) is 9.42. The van der Waals surface area contributed by atoms with Crippen LogP contribution in [-0.2, 0) is 10.0 Å². The van der Waals surface area contributed by atoms with Crippen molar-refractivity contribution in [1.82, 2.24) is 19.2 Å². The molecule has 34 heavy (non-hydrogen) atoms. The number of hydrogen-bond acceptors (Lipinski definition) is 7. The Morgan fingerprint density at radius 1 is 0.971 bits per heavy atom. The maximum absolute atomic E-state index is 12.6. The molecule has 0 saturated carbocycles. The Balaban J connectivity index is 1.32. The topological polar surface area (TPSA) is 81.7 Å². The molecule has 3 aliphatic rings. The first-order valence-electron chi connectivity index (χ1n) is 13.6. The van der Waals surface area contributed by atoms with Crippen LogP contribution in [0.25, 0.3) is 0 Å². The van der Waals surface area contributed by atoms with Crippen molar-refractivity contribution >= 4 is 21.8 Å². The SMILES string of the molecule is CCCCS(=O)(=O)N1CCC(N2CCCCC(Nc3nccc(N4CCCCCC4)n3)C2)CC1. The zero-order chi connectivity index (χ0) is 23.8. The van der Waals surface area contributed by atoms with E-state index in [1.54, 1.807) is 4.31 Å². The average molecular weight is 493 g/mol. The maximum atomic E-state index is 12.6. The van der Waals surface area contributed by atoms with Crippen molar-refractivity contribution < 1.29 is 8.42 Å². The Labute approximate surface area is 206 Å². The van der Waals surface area contributed by atoms with Crippen molar-refractivity contribution in [3.8, 4) is 0 Å². The van der Waals surface area contributed by atoms with Crippen LogP contribution in [0.5, 0.6) is 0 Å². The number of nitrogens with zero attached hydrogens (tertiary/aromatic N) is 5. The average Bonchev–Trinajstić information content (AvgIpc) is 3.27. The number of likely N-dealkylation sites (tertiary alicyclic amines) is 1. The van der Waals surface area contributed by atoms with Crippen molar-refractivity contribution in [1.29, 1.82) is 0 Å². The molecule has 0 radical (unpaired) electrons. The lowest BCUT2D eigenvalue weighted by atomic mass is 10.0. The number of hydrogen-bond donors (Lipinski definition) is 1. The van der Waals surface area contributed by atoms with Gasteiger partial charge in [0.15, 0.2) is 0 Å². The third-order valence-corrected chi connectivity index (χ3v) is 9.65. The van der Waals surface area contributed by atoms with Gasteiger partial charge < -0.3 is 10.2 Å². The molecule has 0 bridgehead atoms. The molecule has 3 saturated heterocycles. The minimum Gasteiger partial charge on any atom is -0.356 e. The standard InChI is InChI=1S/C25H44N6O2S/c1-2-3-20-34(32,33)31-18-12-23(13-19-31)30-17-9-6-10-22(21-30)27-25-26-14-11-24(28-25)29-15-7-4-5-8-16-29/h11,14,22-23H,2-10,12-13,15-21H2,1H3,(H,26,27,28). The summed E-state index contributed by atoms with van der Waals surface area (Å²) in [5, 5.41) is 3.64. The highest BCUT2D eigenvalue weighted by atomic mass is 32.2. The number of aromatic nitrogens is 2. The predicted octanol–water partition coefficient (Wildman–Crippen LogP) is 3.72. The Morgan fingerprint density at radius 2 is 1.71 bits per heavy atom. The molecule has 4 rings (SSSR count). The van der Waals surface area contributed by atoms with Gasteiger partial charge in [0.2, 0.25) is 16.0 Å². The van der Waals surface area contributed by atoms with Crippen LogP contribution in [0.1, 0.15) is 77.6 Å². The fraction of sp³-hybridized carbons (Fsp3) is 0.840. The fourth-order valence-electron chi connectivity index (χ4n) is 5.64. The molecule has 9 heteroatoms. The summed E-state index contributed by atoms with van der Waals surface area (Å²) in [7, 11) is -3.09. The van der Waals surface area contributed by atoms with Crippen molar-refractivity contribution in [2.24, 2.45) is 0 Å². The summed E-state index contributed by atoms with van der Waals surface area (Å²) in [6.07, 6.45) is 14.0. The monoisotopic (exact) mass is 492 g/mol. The minimum absolute atomic E-state index is 0.292. The number of sulfonamides is 1. The van der Waals surface area contributed by atoms with Crippen LogP contribution in [0.2, 0.25) is 0 Å². The molecule has 192 valence electrons. The molecule has 3 fully saturated rings. The van der Waals surface area contributed by atoms with E-state index in [1.807, 2.05) is 19.2 Å². The predicted molar refractivity (Wildman–Crippen MR) is 139 cm³/mol. The normalized spacial score (nSPS) is 24.5. The van der Waals surface area contributed by atoms with E-state index in [1.165, 1.54) is 38.5 Å². The maximum Gasteiger partial charge on any atom is 0.224 e. The zero-order valence-corrected chi connectivity index (χ0v) is 21.8. The van der Waals surface area contributed by atoms with Gasteiger partial charge in [0.1, 0.15) is 5.82 Å². The van der Waals surface area contributed by atoms with Gasteiger partial charge >= 0.3 is 0 Å². The van der Waals surface area contributed by atoms with Gasteiger partial charge in [-0.2, -0.15) is 4.98 Å². The lowest BCUT2D eigenvalue weighted by Crippen LogP contribution is -2.49. The van der Waals surface area contributed by atoms with E-state index in [0.717, 1.165) is 70.0 Å². The van der Waals surface area contributed by atoms with Crippen LogP contribution in [0, 0.1) is 0 Å². The van der Waals surface area contributed by atoms with E-state index in [4.69, 9.17) is 4.98 Å². The summed E-state index contributed by atoms with van der Waals surface area (Å²) in [6, 6.07) is 2.83. The number of nitrogens with one attached hydrogen (secondary N) is 1. The van der Waals surface area contributed by atoms with Crippen molar-refractivity contribution in [3.05, 3.63) is 12.3 Å². The van der Waals surface area contributed by atoms with Gasteiger partial charge in [-0.15, -0.1) is 0 Å².